The molecule has 0 spiro atoms. The number of imidazole rings is 2. The third-order valence-electron chi connectivity index (χ3n) is 12.0. The highest BCUT2D eigenvalue weighted by molar-refractivity contribution is 5.96. The quantitative estimate of drug-likeness (QED) is 0.115. The number of aromatic amines is 4. The molecule has 0 unspecified atom stereocenters. The summed E-state index contributed by atoms with van der Waals surface area (Å²) in [6.45, 7) is 14.6. The number of fused-ring (bicyclic) bond motifs is 3. The van der Waals surface area contributed by atoms with Crippen LogP contribution in [0.4, 0.5) is 17.1 Å². The smallest absolute Gasteiger partial charge is 0.180 e. The van der Waals surface area contributed by atoms with E-state index in [-0.39, 0.29) is 0 Å². The molecule has 2 saturated heterocycles. The van der Waals surface area contributed by atoms with Crippen LogP contribution in [0.5, 0.6) is 0 Å². The summed E-state index contributed by atoms with van der Waals surface area (Å²) in [7, 11) is 4.00. The Kier molecular flexibility index (Phi) is 12.9. The van der Waals surface area contributed by atoms with E-state index in [9.17, 15) is 0 Å². The zero-order valence-electron chi connectivity index (χ0n) is 38.3. The standard InChI is InChI=1S/C26H30N8.C22H20N8.C2H6/c1-5-21-20(13-17(2)18-14-19(33(3)4)16-27-15-18)23(32-31-21)26-29-24-22(9-10-28-25(24)30-26)34-11-7-6-8-12-34;1-2-9-30(10-3-1)18-6-8-24-21-20(18)26-22(27-21)19-15-11-16(14-5-4-7-23-12-14)25-13-17(15)28-29-19;1-2/h5,9-10,13-16,31H,2,6-8,11-12H2,1,3-4H3,(H,28,29,30);4-8,11-13H,1-3,9-10H2,(H,28,29)(H,24,26,27);1-2H3/b20-13+,21-5+;;. The molecule has 0 saturated carbocycles. The van der Waals surface area contributed by atoms with E-state index in [1.165, 1.54) is 38.5 Å². The summed E-state index contributed by atoms with van der Waals surface area (Å²) in [5.74, 6) is 1.40. The molecule has 336 valence electrons. The lowest BCUT2D eigenvalue weighted by molar-refractivity contribution is 0.578. The van der Waals surface area contributed by atoms with Crippen molar-refractivity contribution in [2.75, 3.05) is 55.0 Å². The number of rotatable bonds is 8. The van der Waals surface area contributed by atoms with E-state index in [0.717, 1.165) is 110 Å². The van der Waals surface area contributed by atoms with Gasteiger partial charge in [0.2, 0.25) is 0 Å². The lowest BCUT2D eigenvalue weighted by Crippen LogP contribution is -2.29. The number of allylic oxidation sites excluding steroid dienone is 1. The minimum absolute atomic E-state index is 0.690. The highest BCUT2D eigenvalue weighted by Crippen LogP contribution is 2.33. The fourth-order valence-corrected chi connectivity index (χ4v) is 8.60. The fraction of sp³-hybridized carbons (Fsp3) is 0.300. The predicted molar refractivity (Wildman–Crippen MR) is 266 cm³/mol. The lowest BCUT2D eigenvalue weighted by atomic mass is 10.1. The van der Waals surface area contributed by atoms with Crippen LogP contribution >= 0.6 is 0 Å². The molecule has 66 heavy (non-hydrogen) atoms. The number of H-pyrrole nitrogens is 4. The molecule has 4 N–H and O–H groups in total. The Morgan fingerprint density at radius 2 is 1.33 bits per heavy atom. The first-order valence-corrected chi connectivity index (χ1v) is 22.9. The summed E-state index contributed by atoms with van der Waals surface area (Å²) in [6.07, 6.45) is 24.2. The van der Waals surface area contributed by atoms with E-state index < -0.39 is 0 Å². The number of piperidine rings is 2. The molecule has 2 fully saturated rings. The van der Waals surface area contributed by atoms with E-state index in [0.29, 0.717) is 22.9 Å². The molecule has 0 atom stereocenters. The third-order valence-corrected chi connectivity index (χ3v) is 12.0. The van der Waals surface area contributed by atoms with Gasteiger partial charge in [0.05, 0.1) is 46.0 Å². The summed E-state index contributed by atoms with van der Waals surface area (Å²) < 4.78 is 0. The Morgan fingerprint density at radius 1 is 0.697 bits per heavy atom. The number of nitrogens with one attached hydrogen (secondary N) is 4. The maximum Gasteiger partial charge on any atom is 0.180 e. The lowest BCUT2D eigenvalue weighted by Gasteiger charge is -2.28. The van der Waals surface area contributed by atoms with E-state index >= 15 is 0 Å². The van der Waals surface area contributed by atoms with Crippen LogP contribution in [0, 0.1) is 0 Å². The number of hydrogen-bond acceptors (Lipinski definition) is 12. The van der Waals surface area contributed by atoms with Crippen LogP contribution < -0.4 is 25.3 Å². The molecule has 9 aromatic heterocycles. The molecule has 16 nitrogen and oxygen atoms in total. The average Bonchev–Trinajstić information content (AvgIpc) is 4.20. The molecule has 0 amide bonds. The number of aromatic nitrogens is 13. The highest BCUT2D eigenvalue weighted by Gasteiger charge is 2.21. The molecule has 0 bridgehead atoms. The van der Waals surface area contributed by atoms with Gasteiger partial charge >= 0.3 is 0 Å². The van der Waals surface area contributed by atoms with Crippen LogP contribution in [0.2, 0.25) is 0 Å². The number of anilines is 3. The summed E-state index contributed by atoms with van der Waals surface area (Å²) >= 11 is 0. The second-order valence-corrected chi connectivity index (χ2v) is 16.4. The molecule has 2 aliphatic rings. The molecule has 16 heteroatoms. The van der Waals surface area contributed by atoms with E-state index in [1.807, 2.05) is 101 Å². The zero-order chi connectivity index (χ0) is 45.6. The Bertz CT molecular complexity index is 3220. The van der Waals surface area contributed by atoms with Crippen molar-refractivity contribution in [3.05, 3.63) is 102 Å². The second-order valence-electron chi connectivity index (χ2n) is 16.4. The summed E-state index contributed by atoms with van der Waals surface area (Å²) in [5.41, 5.74) is 12.7. The summed E-state index contributed by atoms with van der Waals surface area (Å²) in [6, 6.07) is 12.2. The average molecular weight is 881 g/mol. The Hall–Kier alpha value is -7.75. The largest absolute Gasteiger partial charge is 0.376 e. The summed E-state index contributed by atoms with van der Waals surface area (Å²) in [5, 5.41) is 18.1. The van der Waals surface area contributed by atoms with Gasteiger partial charge in [-0.2, -0.15) is 10.2 Å². The van der Waals surface area contributed by atoms with Gasteiger partial charge in [0.25, 0.3) is 0 Å². The molecule has 0 aromatic carbocycles. The van der Waals surface area contributed by atoms with Crippen LogP contribution in [0.15, 0.2) is 86.4 Å². The van der Waals surface area contributed by atoms with Crippen molar-refractivity contribution < 1.29 is 0 Å². The van der Waals surface area contributed by atoms with E-state index in [2.05, 4.69) is 89.9 Å². The molecule has 9 aromatic rings. The van der Waals surface area contributed by atoms with Crippen LogP contribution in [-0.4, -0.2) is 106 Å². The molecule has 0 aliphatic carbocycles. The molecular weight excluding hydrogens is 825 g/mol. The van der Waals surface area contributed by atoms with Crippen molar-refractivity contribution >= 4 is 68.0 Å². The first-order valence-electron chi connectivity index (χ1n) is 22.9. The van der Waals surface area contributed by atoms with Crippen molar-refractivity contribution in [1.29, 1.82) is 0 Å². The third kappa shape index (κ3) is 8.86. The molecule has 11 heterocycles. The molecule has 11 rings (SSSR count). The molecular formula is C50H56N16. The zero-order valence-corrected chi connectivity index (χ0v) is 38.3. The Labute approximate surface area is 383 Å². The van der Waals surface area contributed by atoms with Gasteiger partial charge in [-0.15, -0.1) is 0 Å². The normalized spacial score (nSPS) is 14.6. The minimum atomic E-state index is 0.690. The van der Waals surface area contributed by atoms with E-state index in [4.69, 9.17) is 9.97 Å². The maximum absolute atomic E-state index is 4.81. The number of nitrogens with zero attached hydrogens (tertiary/aromatic N) is 12. The first kappa shape index (κ1) is 43.5. The fourth-order valence-electron chi connectivity index (χ4n) is 8.60. The van der Waals surface area contributed by atoms with Gasteiger partial charge in [-0.1, -0.05) is 26.5 Å². The van der Waals surface area contributed by atoms with Crippen LogP contribution in [-0.2, 0) is 0 Å². The van der Waals surface area contributed by atoms with Gasteiger partial charge in [0.15, 0.2) is 22.9 Å². The Morgan fingerprint density at radius 3 is 1.94 bits per heavy atom. The van der Waals surface area contributed by atoms with Gasteiger partial charge in [0.1, 0.15) is 22.4 Å². The van der Waals surface area contributed by atoms with Crippen molar-refractivity contribution in [3.8, 4) is 34.3 Å². The second kappa shape index (κ2) is 19.6. The highest BCUT2D eigenvalue weighted by atomic mass is 15.2. The van der Waals surface area contributed by atoms with Crippen LogP contribution in [0.25, 0.3) is 85.2 Å². The van der Waals surface area contributed by atoms with Gasteiger partial charge < -0.3 is 24.7 Å². The molecule has 0 radical (unpaired) electrons. The van der Waals surface area contributed by atoms with Gasteiger partial charge in [0, 0.05) is 93.0 Å². The van der Waals surface area contributed by atoms with Gasteiger partial charge in [-0.25, -0.2) is 19.9 Å². The number of hydrogen-bond donors (Lipinski definition) is 4. The van der Waals surface area contributed by atoms with Crippen molar-refractivity contribution in [3.63, 3.8) is 0 Å². The predicted octanol–water partition coefficient (Wildman–Crippen LogP) is 8.07. The van der Waals surface area contributed by atoms with Crippen LogP contribution in [0.1, 0.15) is 64.9 Å². The number of pyridine rings is 5. The van der Waals surface area contributed by atoms with E-state index in [1.54, 1.807) is 12.4 Å². The van der Waals surface area contributed by atoms with Gasteiger partial charge in [-0.3, -0.25) is 25.1 Å². The maximum atomic E-state index is 4.81. The minimum Gasteiger partial charge on any atom is -0.376 e. The van der Waals surface area contributed by atoms with Gasteiger partial charge in [-0.05, 0) is 93.5 Å². The summed E-state index contributed by atoms with van der Waals surface area (Å²) in [4.78, 5) is 45.5. The van der Waals surface area contributed by atoms with Crippen molar-refractivity contribution in [1.82, 2.24) is 65.3 Å². The first-order chi connectivity index (χ1) is 32.4. The topological polar surface area (TPSA) is 189 Å². The van der Waals surface area contributed by atoms with Crippen LogP contribution in [0.3, 0.4) is 0 Å². The Balaban J connectivity index is 0.000000161. The van der Waals surface area contributed by atoms with Crippen molar-refractivity contribution in [2.45, 2.75) is 59.3 Å². The SMILES string of the molecule is C=C(/C=c1/c(-c2nc3nccc(N4CCCCC4)c3[nH]2)n[nH]/c1=C/C)c1cncc(N(C)C)c1.CC.c1cncc(-c2cc3c(-c4nc5nccc(N6CCCCC6)c5[nH]4)n[nH]c3cn2)c1. The monoisotopic (exact) mass is 880 g/mol. The van der Waals surface area contributed by atoms with Crippen molar-refractivity contribution in [2.24, 2.45) is 0 Å². The molecule has 2 aliphatic heterocycles.